The normalized spacial score (nSPS) is 12.1. The number of allylic oxidation sites excluding steroid dienone is 4. The van der Waals surface area contributed by atoms with Crippen LogP contribution in [-0.4, -0.2) is 37.2 Å². The Balaban J connectivity index is 4.12. The van der Waals surface area contributed by atoms with Crippen LogP contribution in [0.5, 0.6) is 0 Å². The number of esters is 3. The molecule has 0 aliphatic rings. The van der Waals surface area contributed by atoms with Crippen molar-refractivity contribution < 1.29 is 28.6 Å². The van der Waals surface area contributed by atoms with E-state index in [1.807, 2.05) is 0 Å². The second kappa shape index (κ2) is 51.5. The molecule has 0 amide bonds. The molecule has 0 saturated heterocycles. The number of hydrogen-bond acceptors (Lipinski definition) is 6. The lowest BCUT2D eigenvalue weighted by Crippen LogP contribution is -2.30. The molecular formula is C56H104O6. The molecule has 0 saturated carbocycles. The van der Waals surface area contributed by atoms with Crippen LogP contribution in [0.4, 0.5) is 0 Å². The molecule has 6 nitrogen and oxygen atoms in total. The summed E-state index contributed by atoms with van der Waals surface area (Å²) in [6.45, 7) is 6.59. The molecule has 0 rings (SSSR count). The van der Waals surface area contributed by atoms with E-state index in [0.717, 1.165) is 77.0 Å². The van der Waals surface area contributed by atoms with Crippen molar-refractivity contribution >= 4 is 17.9 Å². The van der Waals surface area contributed by atoms with Crippen LogP contribution in [-0.2, 0) is 28.6 Å². The lowest BCUT2D eigenvalue weighted by Gasteiger charge is -2.18. The van der Waals surface area contributed by atoms with Crippen LogP contribution in [0.15, 0.2) is 24.3 Å². The van der Waals surface area contributed by atoms with Crippen molar-refractivity contribution in [3.63, 3.8) is 0 Å². The fraction of sp³-hybridized carbons (Fsp3) is 0.875. The molecular weight excluding hydrogens is 769 g/mol. The van der Waals surface area contributed by atoms with Crippen molar-refractivity contribution in [1.82, 2.24) is 0 Å². The standard InChI is InChI=1S/C56H104O6/c1-4-7-10-13-16-18-20-22-24-26-27-28-29-30-31-33-34-36-38-40-43-46-49-55(58)61-52-53(51-60-54(57)48-45-42-15-12-9-6-3)62-56(59)50-47-44-41-39-37-35-32-25-23-21-19-17-14-11-8-5-2/h19,21,25,32,53H,4-18,20,22-24,26-31,33-52H2,1-3H3/b21-19-,32-25-. The molecule has 62 heavy (non-hydrogen) atoms. The van der Waals surface area contributed by atoms with Gasteiger partial charge in [0, 0.05) is 19.3 Å². The maximum Gasteiger partial charge on any atom is 0.306 e. The zero-order valence-electron chi connectivity index (χ0n) is 41.7. The molecule has 0 spiro atoms. The van der Waals surface area contributed by atoms with E-state index in [4.69, 9.17) is 14.2 Å². The minimum atomic E-state index is -0.771. The first-order valence-electron chi connectivity index (χ1n) is 27.3. The molecule has 0 N–H and O–H groups in total. The van der Waals surface area contributed by atoms with Gasteiger partial charge in [0.1, 0.15) is 13.2 Å². The zero-order valence-corrected chi connectivity index (χ0v) is 41.7. The minimum absolute atomic E-state index is 0.0730. The SMILES string of the molecule is CCCCCC/C=C\C/C=C\CCCCCCCC(=O)OC(COC(=O)CCCCCCCC)COC(=O)CCCCCCCCCCCCCCCCCCCCCCCC. The first-order chi connectivity index (χ1) is 30.5. The van der Waals surface area contributed by atoms with Gasteiger partial charge < -0.3 is 14.2 Å². The van der Waals surface area contributed by atoms with Crippen molar-refractivity contribution in [2.24, 2.45) is 0 Å². The molecule has 0 bridgehead atoms. The fourth-order valence-electron chi connectivity index (χ4n) is 8.06. The molecule has 0 aliphatic carbocycles. The van der Waals surface area contributed by atoms with Gasteiger partial charge >= 0.3 is 17.9 Å². The Bertz CT molecular complexity index is 1000. The molecule has 0 radical (unpaired) electrons. The van der Waals surface area contributed by atoms with Crippen molar-refractivity contribution in [3.8, 4) is 0 Å². The summed E-state index contributed by atoms with van der Waals surface area (Å²) in [5.41, 5.74) is 0. The van der Waals surface area contributed by atoms with Crippen LogP contribution in [0.1, 0.15) is 297 Å². The number of ether oxygens (including phenoxy) is 3. The fourth-order valence-corrected chi connectivity index (χ4v) is 8.06. The number of unbranched alkanes of at least 4 members (excludes halogenated alkanes) is 35. The van der Waals surface area contributed by atoms with Gasteiger partial charge in [0.2, 0.25) is 0 Å². The van der Waals surface area contributed by atoms with Gasteiger partial charge in [0.15, 0.2) is 6.10 Å². The smallest absolute Gasteiger partial charge is 0.306 e. The second-order valence-electron chi connectivity index (χ2n) is 18.5. The van der Waals surface area contributed by atoms with Crippen LogP contribution in [0.2, 0.25) is 0 Å². The minimum Gasteiger partial charge on any atom is -0.462 e. The van der Waals surface area contributed by atoms with Crippen LogP contribution < -0.4 is 0 Å². The van der Waals surface area contributed by atoms with E-state index in [1.165, 1.54) is 180 Å². The Labute approximate surface area is 385 Å². The van der Waals surface area contributed by atoms with Gasteiger partial charge in [0.05, 0.1) is 0 Å². The molecule has 6 heteroatoms. The first-order valence-corrected chi connectivity index (χ1v) is 27.3. The summed E-state index contributed by atoms with van der Waals surface area (Å²) < 4.78 is 16.7. The summed E-state index contributed by atoms with van der Waals surface area (Å²) in [7, 11) is 0. The van der Waals surface area contributed by atoms with Crippen molar-refractivity contribution in [2.75, 3.05) is 13.2 Å². The van der Waals surface area contributed by atoms with Crippen molar-refractivity contribution in [1.29, 1.82) is 0 Å². The van der Waals surface area contributed by atoms with E-state index in [0.29, 0.717) is 19.3 Å². The topological polar surface area (TPSA) is 78.9 Å². The Kier molecular flexibility index (Phi) is 49.8. The summed E-state index contributed by atoms with van der Waals surface area (Å²) in [5, 5.41) is 0. The van der Waals surface area contributed by atoms with E-state index >= 15 is 0 Å². The third kappa shape index (κ3) is 48.9. The number of carbonyl (C=O) groups excluding carboxylic acids is 3. The van der Waals surface area contributed by atoms with E-state index < -0.39 is 6.10 Å². The molecule has 1 unspecified atom stereocenters. The average molecular weight is 873 g/mol. The maximum atomic E-state index is 12.7. The lowest BCUT2D eigenvalue weighted by atomic mass is 10.0. The summed E-state index contributed by atoms with van der Waals surface area (Å²) >= 11 is 0. The van der Waals surface area contributed by atoms with Crippen LogP contribution in [0, 0.1) is 0 Å². The summed E-state index contributed by atoms with van der Waals surface area (Å²) in [6, 6.07) is 0. The molecule has 0 aromatic heterocycles. The van der Waals surface area contributed by atoms with Gasteiger partial charge in [-0.2, -0.15) is 0 Å². The van der Waals surface area contributed by atoms with E-state index in [9.17, 15) is 14.4 Å². The van der Waals surface area contributed by atoms with Gasteiger partial charge in [-0.05, 0) is 51.4 Å². The Morgan fingerprint density at radius 2 is 0.581 bits per heavy atom. The second-order valence-corrected chi connectivity index (χ2v) is 18.5. The maximum absolute atomic E-state index is 12.7. The molecule has 0 aromatic carbocycles. The molecule has 364 valence electrons. The van der Waals surface area contributed by atoms with E-state index in [1.54, 1.807) is 0 Å². The van der Waals surface area contributed by atoms with Crippen LogP contribution in [0.3, 0.4) is 0 Å². The van der Waals surface area contributed by atoms with E-state index in [-0.39, 0.29) is 31.1 Å². The Hall–Kier alpha value is -2.11. The Morgan fingerprint density at radius 1 is 0.323 bits per heavy atom. The molecule has 0 heterocycles. The van der Waals surface area contributed by atoms with Gasteiger partial charge in [-0.1, -0.05) is 251 Å². The highest BCUT2D eigenvalue weighted by Crippen LogP contribution is 2.17. The van der Waals surface area contributed by atoms with Crippen LogP contribution >= 0.6 is 0 Å². The largest absolute Gasteiger partial charge is 0.462 e. The third-order valence-corrected chi connectivity index (χ3v) is 12.2. The Morgan fingerprint density at radius 3 is 0.903 bits per heavy atom. The number of rotatable bonds is 50. The highest BCUT2D eigenvalue weighted by atomic mass is 16.6. The monoisotopic (exact) mass is 873 g/mol. The highest BCUT2D eigenvalue weighted by molar-refractivity contribution is 5.71. The van der Waals surface area contributed by atoms with Gasteiger partial charge in [-0.25, -0.2) is 0 Å². The third-order valence-electron chi connectivity index (χ3n) is 12.2. The predicted octanol–water partition coefficient (Wildman–Crippen LogP) is 17.9. The zero-order chi connectivity index (χ0) is 45.1. The molecule has 0 aliphatic heterocycles. The predicted molar refractivity (Wildman–Crippen MR) is 266 cm³/mol. The average Bonchev–Trinajstić information content (AvgIpc) is 3.27. The molecule has 0 aromatic rings. The highest BCUT2D eigenvalue weighted by Gasteiger charge is 2.19. The van der Waals surface area contributed by atoms with Gasteiger partial charge in [-0.3, -0.25) is 14.4 Å². The summed E-state index contributed by atoms with van der Waals surface area (Å²) in [6.07, 6.45) is 59.1. The summed E-state index contributed by atoms with van der Waals surface area (Å²) in [5.74, 6) is -0.882. The molecule has 1 atom stereocenters. The summed E-state index contributed by atoms with van der Waals surface area (Å²) in [4.78, 5) is 37.8. The number of carbonyl (C=O) groups is 3. The quantitative estimate of drug-likeness (QED) is 0.0262. The van der Waals surface area contributed by atoms with Crippen molar-refractivity contribution in [2.45, 2.75) is 303 Å². The van der Waals surface area contributed by atoms with Gasteiger partial charge in [0.25, 0.3) is 0 Å². The lowest BCUT2D eigenvalue weighted by molar-refractivity contribution is -0.167. The van der Waals surface area contributed by atoms with E-state index in [2.05, 4.69) is 45.1 Å². The van der Waals surface area contributed by atoms with Gasteiger partial charge in [-0.15, -0.1) is 0 Å². The van der Waals surface area contributed by atoms with Crippen molar-refractivity contribution in [3.05, 3.63) is 24.3 Å². The molecule has 0 fully saturated rings. The van der Waals surface area contributed by atoms with Crippen LogP contribution in [0.25, 0.3) is 0 Å². The number of hydrogen-bond donors (Lipinski definition) is 0. The first kappa shape index (κ1) is 59.9.